The average Bonchev–Trinajstić information content (AvgIpc) is 2.84. The van der Waals surface area contributed by atoms with Gasteiger partial charge in [-0.2, -0.15) is 0 Å². The van der Waals surface area contributed by atoms with Gasteiger partial charge in [0.15, 0.2) is 5.78 Å². The highest BCUT2D eigenvalue weighted by Gasteiger charge is 2.59. The lowest BCUT2D eigenvalue weighted by Crippen LogP contribution is -2.51. The summed E-state index contributed by atoms with van der Waals surface area (Å²) in [6, 6.07) is 0. The lowest BCUT2D eigenvalue weighted by Gasteiger charge is -2.57. The van der Waals surface area contributed by atoms with Gasteiger partial charge in [-0.25, -0.2) is 0 Å². The number of fused-ring (bicyclic) bond motifs is 5. The lowest BCUT2D eigenvalue weighted by molar-refractivity contribution is -0.132. The van der Waals surface area contributed by atoms with Crippen LogP contribution in [0.3, 0.4) is 0 Å². The van der Waals surface area contributed by atoms with Crippen molar-refractivity contribution in [3.8, 4) is 12.3 Å². The molecule has 0 saturated heterocycles. The molecule has 4 rings (SSSR count). The third-order valence-corrected chi connectivity index (χ3v) is 7.81. The van der Waals surface area contributed by atoms with Crippen LogP contribution in [0.5, 0.6) is 0 Å². The monoisotopic (exact) mass is 310 g/mol. The predicted molar refractivity (Wildman–Crippen MR) is 89.5 cm³/mol. The van der Waals surface area contributed by atoms with Gasteiger partial charge in [-0.1, -0.05) is 12.5 Å². The van der Waals surface area contributed by atoms with E-state index in [1.54, 1.807) is 0 Å². The first-order valence-corrected chi connectivity index (χ1v) is 9.22. The average molecular weight is 310 g/mol. The van der Waals surface area contributed by atoms with Crippen LogP contribution in [0.2, 0.25) is 0 Å². The van der Waals surface area contributed by atoms with E-state index >= 15 is 0 Å². The molecule has 0 aromatic carbocycles. The maximum atomic E-state index is 12.4. The van der Waals surface area contributed by atoms with E-state index in [2.05, 4.69) is 12.8 Å². The van der Waals surface area contributed by atoms with E-state index in [9.17, 15) is 9.59 Å². The molecule has 4 aliphatic rings. The Hall–Kier alpha value is -1.36. The Morgan fingerprint density at radius 1 is 1.13 bits per heavy atom. The van der Waals surface area contributed by atoms with E-state index < -0.39 is 0 Å². The molecule has 0 spiro atoms. The topological polar surface area (TPSA) is 34.1 Å². The van der Waals surface area contributed by atoms with Crippen LogP contribution in [0, 0.1) is 40.9 Å². The van der Waals surface area contributed by atoms with Gasteiger partial charge in [-0.15, -0.1) is 12.3 Å². The van der Waals surface area contributed by atoms with E-state index in [-0.39, 0.29) is 16.6 Å². The van der Waals surface area contributed by atoms with Crippen molar-refractivity contribution in [2.45, 2.75) is 64.7 Å². The molecule has 5 atom stereocenters. The van der Waals surface area contributed by atoms with E-state index in [0.717, 1.165) is 51.4 Å². The first kappa shape index (κ1) is 15.2. The smallest absolute Gasteiger partial charge is 0.155 e. The minimum Gasteiger partial charge on any atom is -0.299 e. The van der Waals surface area contributed by atoms with Crippen molar-refractivity contribution in [1.82, 2.24) is 0 Å². The third-order valence-electron chi connectivity index (χ3n) is 7.81. The number of rotatable bonds is 1. The van der Waals surface area contributed by atoms with Gasteiger partial charge >= 0.3 is 0 Å². The summed E-state index contributed by atoms with van der Waals surface area (Å²) < 4.78 is 0. The highest BCUT2D eigenvalue weighted by molar-refractivity contribution is 5.91. The molecule has 0 heterocycles. The van der Waals surface area contributed by atoms with Crippen LogP contribution in [-0.2, 0) is 9.59 Å². The summed E-state index contributed by atoms with van der Waals surface area (Å²) in [5.74, 6) is 5.45. The number of terminal acetylenes is 1. The Bertz CT molecular complexity index is 637. The number of carbonyl (C=O) groups is 2. The van der Waals surface area contributed by atoms with Crippen molar-refractivity contribution in [3.63, 3.8) is 0 Å². The summed E-state index contributed by atoms with van der Waals surface area (Å²) in [6.07, 6.45) is 16.1. The molecular formula is C21H26O2. The van der Waals surface area contributed by atoms with Crippen molar-refractivity contribution >= 4 is 11.6 Å². The zero-order valence-corrected chi connectivity index (χ0v) is 14.1. The summed E-state index contributed by atoms with van der Waals surface area (Å²) in [6.45, 7) is 2.22. The number of hydrogen-bond acceptors (Lipinski definition) is 2. The normalized spacial score (nSPS) is 45.6. The second kappa shape index (κ2) is 5.07. The molecule has 0 radical (unpaired) electrons. The van der Waals surface area contributed by atoms with Crippen LogP contribution >= 0.6 is 0 Å². The van der Waals surface area contributed by atoms with Crippen molar-refractivity contribution in [3.05, 3.63) is 11.6 Å². The third kappa shape index (κ3) is 1.95. The molecule has 0 amide bonds. The lowest BCUT2D eigenvalue weighted by atomic mass is 9.46. The molecule has 2 heteroatoms. The second-order valence-electron chi connectivity index (χ2n) is 8.51. The van der Waals surface area contributed by atoms with Crippen molar-refractivity contribution in [2.24, 2.45) is 28.6 Å². The maximum Gasteiger partial charge on any atom is 0.155 e. The quantitative estimate of drug-likeness (QED) is 0.684. The van der Waals surface area contributed by atoms with Gasteiger partial charge in [-0.05, 0) is 62.4 Å². The van der Waals surface area contributed by atoms with Gasteiger partial charge in [0.05, 0.1) is 0 Å². The zero-order chi connectivity index (χ0) is 16.2. The Labute approximate surface area is 139 Å². The fourth-order valence-electron chi connectivity index (χ4n) is 6.65. The number of allylic oxidation sites excluding steroid dienone is 1. The fourth-order valence-corrected chi connectivity index (χ4v) is 6.65. The van der Waals surface area contributed by atoms with Gasteiger partial charge in [0.2, 0.25) is 0 Å². The molecule has 0 N–H and O–H groups in total. The molecule has 3 saturated carbocycles. The molecule has 5 unspecified atom stereocenters. The first-order chi connectivity index (χ1) is 11.0. The van der Waals surface area contributed by atoms with E-state index in [0.29, 0.717) is 30.0 Å². The number of hydrogen-bond donors (Lipinski definition) is 0. The van der Waals surface area contributed by atoms with Crippen LogP contribution in [0.4, 0.5) is 0 Å². The van der Waals surface area contributed by atoms with Crippen LogP contribution in [-0.4, -0.2) is 11.6 Å². The predicted octanol–water partition coefficient (Wildman–Crippen LogP) is 4.09. The van der Waals surface area contributed by atoms with Crippen molar-refractivity contribution in [1.29, 1.82) is 0 Å². The van der Waals surface area contributed by atoms with Crippen molar-refractivity contribution in [2.75, 3.05) is 0 Å². The SMILES string of the molecule is C#CCC12CCC(=O)C=C1CCC1C3CCC(=O)C3(C)CCC12. The fraction of sp³-hybridized carbons (Fsp3) is 0.714. The van der Waals surface area contributed by atoms with Crippen LogP contribution in [0.1, 0.15) is 64.7 Å². The first-order valence-electron chi connectivity index (χ1n) is 9.22. The van der Waals surface area contributed by atoms with Crippen LogP contribution in [0.15, 0.2) is 11.6 Å². The molecule has 0 aliphatic heterocycles. The highest BCUT2D eigenvalue weighted by atomic mass is 16.1. The summed E-state index contributed by atoms with van der Waals surface area (Å²) >= 11 is 0. The number of carbonyl (C=O) groups excluding carboxylic acids is 2. The van der Waals surface area contributed by atoms with Gasteiger partial charge in [0.1, 0.15) is 5.78 Å². The van der Waals surface area contributed by atoms with Gasteiger partial charge < -0.3 is 0 Å². The van der Waals surface area contributed by atoms with Gasteiger partial charge in [-0.3, -0.25) is 9.59 Å². The molecule has 23 heavy (non-hydrogen) atoms. The molecule has 122 valence electrons. The van der Waals surface area contributed by atoms with Crippen LogP contribution in [0.25, 0.3) is 0 Å². The molecule has 4 aliphatic carbocycles. The summed E-state index contributed by atoms with van der Waals surface area (Å²) in [5.41, 5.74) is 1.31. The highest BCUT2D eigenvalue weighted by Crippen LogP contribution is 2.65. The Balaban J connectivity index is 1.74. The molecule has 2 nitrogen and oxygen atoms in total. The van der Waals surface area contributed by atoms with E-state index in [1.165, 1.54) is 5.57 Å². The molecule has 0 aromatic heterocycles. The van der Waals surface area contributed by atoms with E-state index in [1.807, 2.05) is 6.08 Å². The second-order valence-corrected chi connectivity index (χ2v) is 8.51. The standard InChI is InChI=1S/C21H26O2/c1-3-10-21-12-8-15(22)13-14(21)4-5-16-17-6-7-19(23)20(17,2)11-9-18(16)21/h1,13,16-18H,4-12H2,2H3. The Morgan fingerprint density at radius 2 is 1.96 bits per heavy atom. The van der Waals surface area contributed by atoms with Crippen LogP contribution < -0.4 is 0 Å². The number of ketones is 2. The Morgan fingerprint density at radius 3 is 2.74 bits per heavy atom. The number of Topliss-reactive ketones (excluding diaryl/α,β-unsaturated/α-hetero) is 1. The maximum absolute atomic E-state index is 12.4. The minimum atomic E-state index is -0.0792. The summed E-state index contributed by atoms with van der Waals surface area (Å²) in [7, 11) is 0. The van der Waals surface area contributed by atoms with Gasteiger partial charge in [0, 0.05) is 30.1 Å². The zero-order valence-electron chi connectivity index (χ0n) is 14.1. The molecule has 0 bridgehead atoms. The van der Waals surface area contributed by atoms with Gasteiger partial charge in [0.25, 0.3) is 0 Å². The molecule has 3 fully saturated rings. The van der Waals surface area contributed by atoms with E-state index in [4.69, 9.17) is 6.42 Å². The molecular weight excluding hydrogens is 284 g/mol. The van der Waals surface area contributed by atoms with Crippen molar-refractivity contribution < 1.29 is 9.59 Å². The molecule has 0 aromatic rings. The Kier molecular flexibility index (Phi) is 3.34. The largest absolute Gasteiger partial charge is 0.299 e. The summed E-state index contributed by atoms with van der Waals surface area (Å²) in [5, 5.41) is 0. The minimum absolute atomic E-state index is 0.0541. The summed E-state index contributed by atoms with van der Waals surface area (Å²) in [4.78, 5) is 24.4.